The van der Waals surface area contributed by atoms with Gasteiger partial charge in [-0.2, -0.15) is 0 Å². The molecule has 1 aromatic heterocycles. The van der Waals surface area contributed by atoms with Crippen LogP contribution in [0.15, 0.2) is 30.3 Å². The smallest absolute Gasteiger partial charge is 0.251 e. The van der Waals surface area contributed by atoms with E-state index in [0.717, 1.165) is 24.7 Å². The molecule has 0 radical (unpaired) electrons. The number of pyridine rings is 1. The molecule has 3 N–H and O–H groups in total. The van der Waals surface area contributed by atoms with Crippen molar-refractivity contribution in [3.8, 4) is 17.6 Å². The Morgan fingerprint density at radius 3 is 2.59 bits per heavy atom. The van der Waals surface area contributed by atoms with Gasteiger partial charge in [-0.15, -0.1) is 0 Å². The zero-order valence-corrected chi connectivity index (χ0v) is 25.1. The van der Waals surface area contributed by atoms with Crippen molar-refractivity contribution in [2.75, 3.05) is 42.9 Å². The summed E-state index contributed by atoms with van der Waals surface area (Å²) in [5, 5.41) is 10.1. The van der Waals surface area contributed by atoms with Crippen LogP contribution < -0.4 is 25.0 Å². The third-order valence-corrected chi connectivity index (χ3v) is 7.90. The third kappa shape index (κ3) is 10.7. The number of nitrogens with zero attached hydrogens (tertiary/aromatic N) is 2. The van der Waals surface area contributed by atoms with Crippen molar-refractivity contribution in [2.45, 2.75) is 57.7 Å². The van der Waals surface area contributed by atoms with E-state index in [0.29, 0.717) is 59.7 Å². The highest BCUT2D eigenvalue weighted by molar-refractivity contribution is 8.01. The van der Waals surface area contributed by atoms with Gasteiger partial charge in [-0.05, 0) is 68.1 Å². The van der Waals surface area contributed by atoms with Gasteiger partial charge < -0.3 is 25.0 Å². The molecule has 0 spiro atoms. The fourth-order valence-corrected chi connectivity index (χ4v) is 5.15. The van der Waals surface area contributed by atoms with Crippen molar-refractivity contribution in [1.82, 2.24) is 15.6 Å². The van der Waals surface area contributed by atoms with Crippen LogP contribution in [0.2, 0.25) is 0 Å². The molecule has 0 aliphatic heterocycles. The molecule has 2 aliphatic carbocycles. The van der Waals surface area contributed by atoms with Gasteiger partial charge in [0.15, 0.2) is 0 Å². The second-order valence-electron chi connectivity index (χ2n) is 11.3. The zero-order valence-electron chi connectivity index (χ0n) is 24.3. The largest absolute Gasteiger partial charge is 0.491 e. The molecule has 0 bridgehead atoms. The molecule has 0 saturated heterocycles. The predicted octanol–water partition coefficient (Wildman–Crippen LogP) is 5.49. The molecule has 222 valence electrons. The summed E-state index contributed by atoms with van der Waals surface area (Å²) >= 11 is 1.63. The van der Waals surface area contributed by atoms with Gasteiger partial charge in [0, 0.05) is 48.5 Å². The van der Waals surface area contributed by atoms with E-state index in [2.05, 4.69) is 48.6 Å². The molecular weight excluding hydrogens is 544 g/mol. The number of carbonyl (C=O) groups excluding carboxylic acids is 1. The first kappa shape index (κ1) is 30.9. The summed E-state index contributed by atoms with van der Waals surface area (Å²) in [6.45, 7) is 8.46. The molecule has 2 fully saturated rings. The maximum absolute atomic E-state index is 13.7. The van der Waals surface area contributed by atoms with E-state index in [1.165, 1.54) is 19.3 Å². The van der Waals surface area contributed by atoms with E-state index in [4.69, 9.17) is 9.72 Å². The Hall–Kier alpha value is -3.03. The summed E-state index contributed by atoms with van der Waals surface area (Å²) < 4.78 is 35.1. The molecule has 1 aromatic carbocycles. The monoisotopic (exact) mass is 585 g/mol. The summed E-state index contributed by atoms with van der Waals surface area (Å²) in [5.41, 5.74) is 0.475. The summed E-state index contributed by atoms with van der Waals surface area (Å²) in [6.07, 6.45) is 4.10. The topological polar surface area (TPSA) is 78.5 Å². The van der Waals surface area contributed by atoms with E-state index in [9.17, 15) is 13.6 Å². The molecule has 2 aliphatic rings. The minimum atomic E-state index is -0.718. The number of hydrogen-bond acceptors (Lipinski definition) is 7. The van der Waals surface area contributed by atoms with Crippen molar-refractivity contribution in [3.63, 3.8) is 0 Å². The number of rotatable bonds is 15. The molecule has 3 atom stereocenters. The Morgan fingerprint density at radius 2 is 1.93 bits per heavy atom. The lowest BCUT2D eigenvalue weighted by Crippen LogP contribution is -2.41. The first-order chi connectivity index (χ1) is 19.7. The normalized spacial score (nSPS) is 18.3. The van der Waals surface area contributed by atoms with E-state index in [1.807, 2.05) is 11.4 Å². The quantitative estimate of drug-likeness (QED) is 0.145. The standard InChI is InChI=1S/C31H41F2N5O2S/c1-20(2)41-38(4)30-14-23(13-29(37-30)35-18-24-12-21(24)3)31(39)36-27(9-11-34-10-5-6-22-7-8-22)19-40-28-16-25(32)15-26(33)17-28/h13-17,20-22,24,27,34H,7-12,18-19H2,1-4H3,(H,35,37)(H,36,39)/t21-,24+,27+/m0/s1. The van der Waals surface area contributed by atoms with Crippen molar-refractivity contribution in [1.29, 1.82) is 0 Å². The molecule has 1 amide bonds. The van der Waals surface area contributed by atoms with E-state index in [-0.39, 0.29) is 18.3 Å². The molecule has 41 heavy (non-hydrogen) atoms. The van der Waals surface area contributed by atoms with Crippen LogP contribution in [0.4, 0.5) is 20.4 Å². The van der Waals surface area contributed by atoms with Crippen LogP contribution >= 0.6 is 11.9 Å². The number of amides is 1. The summed E-state index contributed by atoms with van der Waals surface area (Å²) in [5.74, 6) is 7.92. The fourth-order valence-electron chi connectivity index (χ4n) is 4.31. The summed E-state index contributed by atoms with van der Waals surface area (Å²) in [7, 11) is 1.94. The van der Waals surface area contributed by atoms with Gasteiger partial charge in [0.05, 0.1) is 12.6 Å². The van der Waals surface area contributed by atoms with Crippen LogP contribution in [0, 0.1) is 41.2 Å². The number of aromatic nitrogens is 1. The molecule has 2 saturated carbocycles. The molecule has 7 nitrogen and oxygen atoms in total. The summed E-state index contributed by atoms with van der Waals surface area (Å²) in [6, 6.07) is 6.19. The highest BCUT2D eigenvalue weighted by Crippen LogP contribution is 2.37. The van der Waals surface area contributed by atoms with Gasteiger partial charge >= 0.3 is 0 Å². The SMILES string of the molecule is CC(C)SN(C)c1cc(C(=O)N[C@H](CCNCC#CC2CC2)COc2cc(F)cc(F)c2)cc(NC[C@H]2C[C@@H]2C)n1. The molecular formula is C31H41F2N5O2S. The maximum Gasteiger partial charge on any atom is 0.251 e. The average molecular weight is 586 g/mol. The van der Waals surface area contributed by atoms with Gasteiger partial charge in [-0.25, -0.2) is 13.8 Å². The highest BCUT2D eigenvalue weighted by atomic mass is 32.2. The maximum atomic E-state index is 13.7. The second kappa shape index (κ2) is 14.7. The van der Waals surface area contributed by atoms with Gasteiger partial charge in [0.2, 0.25) is 0 Å². The Balaban J connectivity index is 1.44. The Bertz CT molecular complexity index is 1230. The first-order valence-corrected chi connectivity index (χ1v) is 15.2. The lowest BCUT2D eigenvalue weighted by Gasteiger charge is -2.22. The number of carbonyl (C=O) groups is 1. The van der Waals surface area contributed by atoms with Crippen molar-refractivity contribution >= 4 is 29.5 Å². The second-order valence-corrected chi connectivity index (χ2v) is 13.0. The van der Waals surface area contributed by atoms with Gasteiger partial charge in [-0.1, -0.05) is 32.6 Å². The number of anilines is 2. The van der Waals surface area contributed by atoms with Crippen molar-refractivity contribution in [3.05, 3.63) is 47.5 Å². The van der Waals surface area contributed by atoms with Crippen LogP contribution in [-0.4, -0.2) is 55.5 Å². The van der Waals surface area contributed by atoms with Crippen LogP contribution in [0.5, 0.6) is 5.75 Å². The van der Waals surface area contributed by atoms with E-state index < -0.39 is 17.7 Å². The zero-order chi connectivity index (χ0) is 29.4. The number of benzene rings is 1. The molecule has 1 heterocycles. The lowest BCUT2D eigenvalue weighted by atomic mass is 10.1. The molecule has 4 rings (SSSR count). The molecule has 0 unspecified atom stereocenters. The van der Waals surface area contributed by atoms with Crippen LogP contribution in [0.25, 0.3) is 0 Å². The number of halogens is 2. The number of ether oxygens (including phenoxy) is 1. The Kier molecular flexibility index (Phi) is 11.1. The van der Waals surface area contributed by atoms with Crippen LogP contribution in [0.3, 0.4) is 0 Å². The average Bonchev–Trinajstić information content (AvgIpc) is 3.85. The van der Waals surface area contributed by atoms with E-state index >= 15 is 0 Å². The Morgan fingerprint density at radius 1 is 1.20 bits per heavy atom. The third-order valence-electron chi connectivity index (χ3n) is 6.98. The summed E-state index contributed by atoms with van der Waals surface area (Å²) in [4.78, 5) is 18.3. The first-order valence-electron chi connectivity index (χ1n) is 14.4. The van der Waals surface area contributed by atoms with Crippen LogP contribution in [0.1, 0.15) is 56.8 Å². The van der Waals surface area contributed by atoms with Gasteiger partial charge in [0.1, 0.15) is 35.6 Å². The van der Waals surface area contributed by atoms with Gasteiger partial charge in [0.25, 0.3) is 5.91 Å². The number of nitrogens with one attached hydrogen (secondary N) is 3. The minimum absolute atomic E-state index is 0.0514. The Labute approximate surface area is 246 Å². The molecule has 2 aromatic rings. The fraction of sp³-hybridized carbons (Fsp3) is 0.548. The van der Waals surface area contributed by atoms with Crippen molar-refractivity contribution in [2.24, 2.45) is 17.8 Å². The minimum Gasteiger partial charge on any atom is -0.491 e. The van der Waals surface area contributed by atoms with E-state index in [1.54, 1.807) is 24.1 Å². The molecule has 10 heteroatoms. The lowest BCUT2D eigenvalue weighted by molar-refractivity contribution is 0.0918. The van der Waals surface area contributed by atoms with Crippen LogP contribution in [-0.2, 0) is 0 Å². The number of hydrogen-bond donors (Lipinski definition) is 3. The highest BCUT2D eigenvalue weighted by Gasteiger charge is 2.32. The van der Waals surface area contributed by atoms with Gasteiger partial charge in [-0.3, -0.25) is 4.79 Å². The predicted molar refractivity (Wildman–Crippen MR) is 162 cm³/mol. The van der Waals surface area contributed by atoms with Crippen molar-refractivity contribution < 1.29 is 18.3 Å².